The zero-order chi connectivity index (χ0) is 14.8. The van der Waals surface area contributed by atoms with Crippen molar-refractivity contribution in [1.29, 1.82) is 0 Å². The fourth-order valence-electron chi connectivity index (χ4n) is 3.31. The minimum Gasteiger partial charge on any atom is -0.481 e. The summed E-state index contributed by atoms with van der Waals surface area (Å²) in [4.78, 5) is 25.3. The van der Waals surface area contributed by atoms with Gasteiger partial charge in [0.15, 0.2) is 0 Å². The molecular formula is C16H26N2O3. The predicted octanol–water partition coefficient (Wildman–Crippen LogP) is 2.46. The topological polar surface area (TPSA) is 69.6 Å². The number of amides is 2. The van der Waals surface area contributed by atoms with Crippen molar-refractivity contribution >= 4 is 12.0 Å². The first-order valence-corrected chi connectivity index (χ1v) is 8.40. The standard InChI is InChI=1S/C16H26N2O3/c19-15(20)13-5-3-11(4-6-13)9-17-16(21)18(14-7-8-14)10-12-1-2-12/h11-14H,1-10H2,(H,17,21)(H,19,20). The molecule has 5 heteroatoms. The Kier molecular flexibility index (Phi) is 4.36. The van der Waals surface area contributed by atoms with Crippen molar-refractivity contribution in [3.8, 4) is 0 Å². The molecule has 3 saturated carbocycles. The van der Waals surface area contributed by atoms with E-state index in [4.69, 9.17) is 5.11 Å². The lowest BCUT2D eigenvalue weighted by molar-refractivity contribution is -0.143. The van der Waals surface area contributed by atoms with Gasteiger partial charge in [-0.05, 0) is 63.2 Å². The molecule has 5 nitrogen and oxygen atoms in total. The van der Waals surface area contributed by atoms with Crippen LogP contribution in [0.3, 0.4) is 0 Å². The van der Waals surface area contributed by atoms with Crippen LogP contribution in [0.25, 0.3) is 0 Å². The summed E-state index contributed by atoms with van der Waals surface area (Å²) in [6.45, 7) is 1.64. The number of carboxylic acids is 1. The minimum absolute atomic E-state index is 0.102. The van der Waals surface area contributed by atoms with E-state index in [9.17, 15) is 9.59 Å². The molecule has 0 aromatic heterocycles. The normalized spacial score (nSPS) is 29.0. The smallest absolute Gasteiger partial charge is 0.317 e. The van der Waals surface area contributed by atoms with Gasteiger partial charge in [0.05, 0.1) is 5.92 Å². The van der Waals surface area contributed by atoms with Crippen LogP contribution in [0.1, 0.15) is 51.4 Å². The van der Waals surface area contributed by atoms with Crippen LogP contribution < -0.4 is 5.32 Å². The summed E-state index contributed by atoms with van der Waals surface area (Å²) in [7, 11) is 0. The number of aliphatic carboxylic acids is 1. The maximum Gasteiger partial charge on any atom is 0.317 e. The molecule has 118 valence electrons. The minimum atomic E-state index is -0.665. The molecule has 3 aliphatic carbocycles. The molecule has 3 rings (SSSR count). The second kappa shape index (κ2) is 6.24. The van der Waals surface area contributed by atoms with E-state index in [2.05, 4.69) is 5.32 Å². The average Bonchev–Trinajstić information content (AvgIpc) is 3.36. The fourth-order valence-corrected chi connectivity index (χ4v) is 3.31. The molecule has 0 unspecified atom stereocenters. The van der Waals surface area contributed by atoms with E-state index in [-0.39, 0.29) is 11.9 Å². The lowest BCUT2D eigenvalue weighted by atomic mass is 9.82. The van der Waals surface area contributed by atoms with Crippen LogP contribution in [0.2, 0.25) is 0 Å². The van der Waals surface area contributed by atoms with Gasteiger partial charge in [-0.15, -0.1) is 0 Å². The van der Waals surface area contributed by atoms with Crippen LogP contribution in [0.15, 0.2) is 0 Å². The van der Waals surface area contributed by atoms with Crippen LogP contribution in [0, 0.1) is 17.8 Å². The molecule has 0 atom stereocenters. The number of nitrogens with zero attached hydrogens (tertiary/aromatic N) is 1. The van der Waals surface area contributed by atoms with Gasteiger partial charge >= 0.3 is 12.0 Å². The molecule has 0 spiro atoms. The van der Waals surface area contributed by atoms with Crippen LogP contribution >= 0.6 is 0 Å². The van der Waals surface area contributed by atoms with Crippen molar-refractivity contribution in [3.05, 3.63) is 0 Å². The number of carbonyl (C=O) groups is 2. The lowest BCUT2D eigenvalue weighted by Gasteiger charge is -2.28. The Morgan fingerprint density at radius 2 is 1.57 bits per heavy atom. The molecule has 0 aromatic rings. The summed E-state index contributed by atoms with van der Waals surface area (Å²) in [6.07, 6.45) is 8.21. The molecule has 0 saturated heterocycles. The van der Waals surface area contributed by atoms with Crippen molar-refractivity contribution in [2.24, 2.45) is 17.8 Å². The maximum atomic E-state index is 12.3. The average molecular weight is 294 g/mol. The van der Waals surface area contributed by atoms with Crippen molar-refractivity contribution in [3.63, 3.8) is 0 Å². The zero-order valence-electron chi connectivity index (χ0n) is 12.6. The predicted molar refractivity (Wildman–Crippen MR) is 78.9 cm³/mol. The van der Waals surface area contributed by atoms with Crippen molar-refractivity contribution in [1.82, 2.24) is 10.2 Å². The summed E-state index contributed by atoms with van der Waals surface area (Å²) in [5, 5.41) is 12.1. The van der Waals surface area contributed by atoms with Gasteiger partial charge in [0.1, 0.15) is 0 Å². The zero-order valence-corrected chi connectivity index (χ0v) is 12.6. The monoisotopic (exact) mass is 294 g/mol. The van der Waals surface area contributed by atoms with Gasteiger partial charge in [-0.25, -0.2) is 4.79 Å². The largest absolute Gasteiger partial charge is 0.481 e. The molecular weight excluding hydrogens is 268 g/mol. The van der Waals surface area contributed by atoms with Gasteiger partial charge in [0.25, 0.3) is 0 Å². The second-order valence-corrected chi connectivity index (χ2v) is 7.07. The first-order valence-electron chi connectivity index (χ1n) is 8.40. The van der Waals surface area contributed by atoms with E-state index >= 15 is 0 Å². The highest BCUT2D eigenvalue weighted by Gasteiger charge is 2.36. The quantitative estimate of drug-likeness (QED) is 0.790. The Labute approximate surface area is 126 Å². The number of nitrogens with one attached hydrogen (secondary N) is 1. The van der Waals surface area contributed by atoms with Gasteiger partial charge < -0.3 is 15.3 Å². The number of carboxylic acid groups (broad SMARTS) is 1. The molecule has 0 aliphatic heterocycles. The van der Waals surface area contributed by atoms with Gasteiger partial charge in [-0.3, -0.25) is 4.79 Å². The second-order valence-electron chi connectivity index (χ2n) is 7.07. The third-order valence-electron chi connectivity index (χ3n) is 5.14. The van der Waals surface area contributed by atoms with Crippen molar-refractivity contribution in [2.45, 2.75) is 57.4 Å². The molecule has 0 aromatic carbocycles. The summed E-state index contributed by atoms with van der Waals surface area (Å²) < 4.78 is 0. The molecule has 0 heterocycles. The number of carbonyl (C=O) groups excluding carboxylic acids is 1. The number of rotatable bonds is 6. The van der Waals surface area contributed by atoms with E-state index in [0.29, 0.717) is 18.5 Å². The van der Waals surface area contributed by atoms with E-state index in [1.807, 2.05) is 4.90 Å². The van der Waals surface area contributed by atoms with Crippen LogP contribution in [0.5, 0.6) is 0 Å². The highest BCUT2D eigenvalue weighted by Crippen LogP contribution is 2.35. The fraction of sp³-hybridized carbons (Fsp3) is 0.875. The van der Waals surface area contributed by atoms with Crippen molar-refractivity contribution < 1.29 is 14.7 Å². The summed E-state index contributed by atoms with van der Waals surface area (Å²) in [6, 6.07) is 0.582. The van der Waals surface area contributed by atoms with Crippen LogP contribution in [-0.4, -0.2) is 41.1 Å². The Morgan fingerprint density at radius 3 is 2.10 bits per heavy atom. The van der Waals surface area contributed by atoms with Crippen LogP contribution in [0.4, 0.5) is 4.79 Å². The molecule has 0 radical (unpaired) electrons. The Bertz CT molecular complexity index is 396. The third-order valence-corrected chi connectivity index (χ3v) is 5.14. The molecule has 3 fully saturated rings. The number of hydrogen-bond donors (Lipinski definition) is 2. The SMILES string of the molecule is O=C(O)C1CCC(CNC(=O)N(CC2CC2)C2CC2)CC1. The van der Waals surface area contributed by atoms with Gasteiger partial charge in [-0.1, -0.05) is 0 Å². The highest BCUT2D eigenvalue weighted by molar-refractivity contribution is 5.75. The Hall–Kier alpha value is -1.26. The van der Waals surface area contributed by atoms with Crippen molar-refractivity contribution in [2.75, 3.05) is 13.1 Å². The maximum absolute atomic E-state index is 12.3. The van der Waals surface area contributed by atoms with Gasteiger partial charge in [-0.2, -0.15) is 0 Å². The molecule has 2 amide bonds. The number of urea groups is 1. The molecule has 21 heavy (non-hydrogen) atoms. The van der Waals surface area contributed by atoms with E-state index < -0.39 is 5.97 Å². The lowest BCUT2D eigenvalue weighted by Crippen LogP contribution is -2.44. The first kappa shape index (κ1) is 14.7. The highest BCUT2D eigenvalue weighted by atomic mass is 16.4. The molecule has 3 aliphatic rings. The van der Waals surface area contributed by atoms with E-state index in [0.717, 1.165) is 51.0 Å². The number of hydrogen-bond acceptors (Lipinski definition) is 2. The molecule has 0 bridgehead atoms. The van der Waals surface area contributed by atoms with Gasteiger partial charge in [0.2, 0.25) is 0 Å². The molecule has 2 N–H and O–H groups in total. The summed E-state index contributed by atoms with van der Waals surface area (Å²) >= 11 is 0. The van der Waals surface area contributed by atoms with E-state index in [1.165, 1.54) is 12.8 Å². The third kappa shape index (κ3) is 4.11. The summed E-state index contributed by atoms with van der Waals surface area (Å²) in [5.41, 5.74) is 0. The Balaban J connectivity index is 1.39. The van der Waals surface area contributed by atoms with Gasteiger partial charge in [0, 0.05) is 19.1 Å². The Morgan fingerprint density at radius 1 is 0.952 bits per heavy atom. The van der Waals surface area contributed by atoms with Crippen LogP contribution in [-0.2, 0) is 4.79 Å². The summed E-state index contributed by atoms with van der Waals surface area (Å²) in [5.74, 6) is 0.352. The first-order chi connectivity index (χ1) is 10.1. The van der Waals surface area contributed by atoms with E-state index in [1.54, 1.807) is 0 Å².